The van der Waals surface area contributed by atoms with E-state index in [4.69, 9.17) is 10.5 Å². The van der Waals surface area contributed by atoms with Crippen LogP contribution >= 0.6 is 0 Å². The van der Waals surface area contributed by atoms with Crippen LogP contribution in [0.5, 0.6) is 0 Å². The van der Waals surface area contributed by atoms with Crippen molar-refractivity contribution in [3.8, 4) is 0 Å². The molecule has 276 valence electrons. The van der Waals surface area contributed by atoms with Gasteiger partial charge in [0.2, 0.25) is 23.5 Å². The van der Waals surface area contributed by atoms with Gasteiger partial charge in [0.1, 0.15) is 6.04 Å². The highest BCUT2D eigenvalue weighted by Gasteiger charge is 2.49. The van der Waals surface area contributed by atoms with Crippen LogP contribution in [0.1, 0.15) is 104 Å². The predicted octanol–water partition coefficient (Wildman–Crippen LogP) is 3.25. The minimum absolute atomic E-state index is 0.0727. The molecule has 0 bridgehead atoms. The van der Waals surface area contributed by atoms with Crippen LogP contribution in [0.4, 0.5) is 4.79 Å². The molecule has 0 aromatic heterocycles. The number of amides is 5. The van der Waals surface area contributed by atoms with Crippen LogP contribution in [0.15, 0.2) is 30.3 Å². The summed E-state index contributed by atoms with van der Waals surface area (Å²) in [5.41, 5.74) is 5.55. The number of ketones is 2. The maximum atomic E-state index is 14.3. The van der Waals surface area contributed by atoms with E-state index in [1.807, 2.05) is 27.7 Å². The minimum Gasteiger partial charge on any atom is -0.449 e. The summed E-state index contributed by atoms with van der Waals surface area (Å²) in [6, 6.07) is 5.23. The van der Waals surface area contributed by atoms with Crippen molar-refractivity contribution in [2.45, 2.75) is 111 Å². The van der Waals surface area contributed by atoms with Gasteiger partial charge in [0.15, 0.2) is 5.78 Å². The van der Waals surface area contributed by atoms with Crippen LogP contribution in [0.2, 0.25) is 0 Å². The zero-order valence-electron chi connectivity index (χ0n) is 30.0. The Bertz CT molecular complexity index is 1370. The molecule has 50 heavy (non-hydrogen) atoms. The molecule has 5 amide bonds. The highest BCUT2D eigenvalue weighted by Crippen LogP contribution is 2.47. The highest BCUT2D eigenvalue weighted by molar-refractivity contribution is 6.38. The van der Waals surface area contributed by atoms with Gasteiger partial charge in [-0.2, -0.15) is 0 Å². The number of nitrogens with two attached hydrogens (primary N) is 1. The Kier molecular flexibility index (Phi) is 15.0. The Morgan fingerprint density at radius 1 is 0.900 bits per heavy atom. The monoisotopic (exact) mass is 697 g/mol. The molecule has 2 fully saturated rings. The molecule has 1 aromatic rings. The normalized spacial score (nSPS) is 20.5. The SMILES string of the molecule is CCCC(NC(=O)C1CC(C)(C)CC1C(=O)[C@@H](NC(=O)OCC(C)C)C1CCCCC1)C(=O)C(=O)NCC(=O)N[C@H](C(N)=O)c1ccccc1. The van der Waals surface area contributed by atoms with E-state index in [1.54, 1.807) is 37.3 Å². The molecule has 0 spiro atoms. The summed E-state index contributed by atoms with van der Waals surface area (Å²) in [5, 5.41) is 10.3. The van der Waals surface area contributed by atoms with Crippen molar-refractivity contribution in [2.75, 3.05) is 13.2 Å². The number of benzene rings is 1. The first-order chi connectivity index (χ1) is 23.6. The van der Waals surface area contributed by atoms with Gasteiger partial charge in [-0.05, 0) is 54.9 Å². The lowest BCUT2D eigenvalue weighted by atomic mass is 9.77. The van der Waals surface area contributed by atoms with E-state index in [0.717, 1.165) is 32.1 Å². The number of hydrogen-bond donors (Lipinski definition) is 5. The number of ether oxygens (including phenoxy) is 1. The molecular formula is C37H55N5O8. The average molecular weight is 698 g/mol. The van der Waals surface area contributed by atoms with Gasteiger partial charge in [-0.15, -0.1) is 0 Å². The van der Waals surface area contributed by atoms with Crippen LogP contribution in [-0.4, -0.2) is 66.5 Å². The van der Waals surface area contributed by atoms with Crippen molar-refractivity contribution in [3.63, 3.8) is 0 Å². The summed E-state index contributed by atoms with van der Waals surface area (Å²) in [6.07, 6.45) is 5.29. The second-order valence-electron chi connectivity index (χ2n) is 14.9. The molecule has 1 aromatic carbocycles. The van der Waals surface area contributed by atoms with E-state index in [9.17, 15) is 33.6 Å². The Labute approximate surface area is 295 Å². The van der Waals surface area contributed by atoms with Gasteiger partial charge in [0, 0.05) is 11.8 Å². The summed E-state index contributed by atoms with van der Waals surface area (Å²) in [7, 11) is 0. The average Bonchev–Trinajstić information content (AvgIpc) is 3.42. The second kappa shape index (κ2) is 18.6. The molecule has 0 radical (unpaired) electrons. The van der Waals surface area contributed by atoms with Gasteiger partial charge >= 0.3 is 6.09 Å². The molecule has 0 saturated heterocycles. The van der Waals surface area contributed by atoms with Crippen LogP contribution in [-0.2, 0) is 33.5 Å². The van der Waals surface area contributed by atoms with E-state index in [0.29, 0.717) is 24.8 Å². The molecule has 13 nitrogen and oxygen atoms in total. The lowest BCUT2D eigenvalue weighted by Crippen LogP contribution is -2.53. The van der Waals surface area contributed by atoms with Crippen LogP contribution < -0.4 is 27.0 Å². The van der Waals surface area contributed by atoms with E-state index < -0.39 is 72.0 Å². The maximum absolute atomic E-state index is 14.3. The standard InChI is InChI=1S/C37H55N5O8/c1-6-13-27(32(45)35(48)39-20-28(43)41-30(33(38)46)24-16-11-8-12-17-24)40-34(47)26-19-37(4,5)18-25(26)31(44)29(23-14-9-7-10-15-23)42-36(49)50-21-22(2)3/h8,11-12,16-17,22-23,25-27,29-30H,6-7,9-10,13-15,18-21H2,1-5H3,(H2,38,46)(H,39,48)(H,40,47)(H,41,43)(H,42,49)/t25?,26?,27?,29-,30-/m0/s1. The summed E-state index contributed by atoms with van der Waals surface area (Å²) in [5.74, 6) is -5.69. The lowest BCUT2D eigenvalue weighted by Gasteiger charge is -2.32. The van der Waals surface area contributed by atoms with Gasteiger partial charge in [-0.3, -0.25) is 28.8 Å². The summed E-state index contributed by atoms with van der Waals surface area (Å²) >= 11 is 0. The zero-order valence-corrected chi connectivity index (χ0v) is 30.0. The van der Waals surface area contributed by atoms with Gasteiger partial charge in [0.05, 0.1) is 25.2 Å². The third-order valence-electron chi connectivity index (χ3n) is 9.55. The summed E-state index contributed by atoms with van der Waals surface area (Å²) in [6.45, 7) is 9.22. The fraction of sp³-hybridized carbons (Fsp3) is 0.649. The van der Waals surface area contributed by atoms with E-state index >= 15 is 0 Å². The number of carbonyl (C=O) groups excluding carboxylic acids is 7. The van der Waals surface area contributed by atoms with Gasteiger partial charge in [-0.25, -0.2) is 4.79 Å². The third-order valence-corrected chi connectivity index (χ3v) is 9.55. The minimum atomic E-state index is -1.18. The first-order valence-corrected chi connectivity index (χ1v) is 17.9. The molecule has 3 rings (SSSR count). The fourth-order valence-corrected chi connectivity index (χ4v) is 7.08. The summed E-state index contributed by atoms with van der Waals surface area (Å²) < 4.78 is 5.36. The number of carbonyl (C=O) groups is 7. The van der Waals surface area contributed by atoms with Crippen molar-refractivity contribution < 1.29 is 38.3 Å². The molecule has 6 N–H and O–H groups in total. The first-order valence-electron chi connectivity index (χ1n) is 17.9. The van der Waals surface area contributed by atoms with Crippen molar-refractivity contribution in [1.82, 2.24) is 21.3 Å². The van der Waals surface area contributed by atoms with Crippen LogP contribution in [0.3, 0.4) is 0 Å². The first kappa shape index (κ1) is 40.1. The van der Waals surface area contributed by atoms with Gasteiger partial charge < -0.3 is 31.7 Å². The van der Waals surface area contributed by atoms with E-state index in [1.165, 1.54) is 0 Å². The molecular weight excluding hydrogens is 642 g/mol. The Hall–Kier alpha value is -4.29. The molecule has 0 aliphatic heterocycles. The van der Waals surface area contributed by atoms with Crippen LogP contribution in [0, 0.1) is 29.1 Å². The second-order valence-corrected chi connectivity index (χ2v) is 14.9. The highest BCUT2D eigenvalue weighted by atomic mass is 16.5. The van der Waals surface area contributed by atoms with Crippen molar-refractivity contribution in [3.05, 3.63) is 35.9 Å². The van der Waals surface area contributed by atoms with Crippen molar-refractivity contribution in [2.24, 2.45) is 34.8 Å². The number of rotatable bonds is 17. The molecule has 3 unspecified atom stereocenters. The zero-order chi connectivity index (χ0) is 37.0. The largest absolute Gasteiger partial charge is 0.449 e. The van der Waals surface area contributed by atoms with Gasteiger partial charge in [0.25, 0.3) is 5.91 Å². The van der Waals surface area contributed by atoms with Crippen LogP contribution in [0.25, 0.3) is 0 Å². The van der Waals surface area contributed by atoms with E-state index in [-0.39, 0.29) is 36.1 Å². The number of hydrogen-bond acceptors (Lipinski definition) is 8. The Balaban J connectivity index is 1.70. The molecule has 0 heterocycles. The number of nitrogens with one attached hydrogen (secondary N) is 4. The fourth-order valence-electron chi connectivity index (χ4n) is 7.08. The van der Waals surface area contributed by atoms with Crippen molar-refractivity contribution in [1.29, 1.82) is 0 Å². The maximum Gasteiger partial charge on any atom is 0.407 e. The third kappa shape index (κ3) is 11.7. The molecule has 2 saturated carbocycles. The lowest BCUT2D eigenvalue weighted by molar-refractivity contribution is -0.141. The number of Topliss-reactive ketones (excluding diaryl/α,β-unsaturated/α-hetero) is 2. The van der Waals surface area contributed by atoms with Crippen molar-refractivity contribution >= 4 is 41.3 Å². The number of alkyl carbamates (subject to hydrolysis) is 1. The van der Waals surface area contributed by atoms with E-state index in [2.05, 4.69) is 21.3 Å². The quantitative estimate of drug-likeness (QED) is 0.153. The summed E-state index contributed by atoms with van der Waals surface area (Å²) in [4.78, 5) is 91.7. The predicted molar refractivity (Wildman–Crippen MR) is 186 cm³/mol. The Morgan fingerprint density at radius 2 is 1.54 bits per heavy atom. The molecule has 13 heteroatoms. The molecule has 5 atom stereocenters. The van der Waals surface area contributed by atoms with Gasteiger partial charge in [-0.1, -0.05) is 90.6 Å². The number of primary amides is 1. The smallest absolute Gasteiger partial charge is 0.407 e. The molecule has 2 aliphatic carbocycles. The topological polar surface area (TPSA) is 203 Å². The molecule has 2 aliphatic rings. The Morgan fingerprint density at radius 3 is 2.14 bits per heavy atom.